The molecule has 1 aliphatic rings. The molecule has 1 aliphatic carbocycles. The van der Waals surface area contributed by atoms with Crippen LogP contribution in [0.5, 0.6) is 0 Å². The zero-order valence-corrected chi connectivity index (χ0v) is 12.6. The molecule has 112 valence electrons. The third-order valence-corrected chi connectivity index (χ3v) is 6.03. The summed E-state index contributed by atoms with van der Waals surface area (Å²) in [6, 6.07) is 5.07. The number of sulfonamides is 1. The molecule has 3 N–H and O–H groups in total. The van der Waals surface area contributed by atoms with Gasteiger partial charge in [0.2, 0.25) is 10.0 Å². The number of aliphatic hydroxyl groups excluding tert-OH is 1. The number of aliphatic hydroxyl groups is 1. The number of anilines is 1. The fraction of sp³-hybridized carbons (Fsp3) is 0.571. The van der Waals surface area contributed by atoms with Gasteiger partial charge in [0, 0.05) is 12.6 Å². The minimum Gasteiger partial charge on any atom is -0.398 e. The van der Waals surface area contributed by atoms with Crippen molar-refractivity contribution >= 4 is 15.7 Å². The molecule has 6 heteroatoms. The lowest BCUT2D eigenvalue weighted by Gasteiger charge is -2.28. The van der Waals surface area contributed by atoms with Gasteiger partial charge in [-0.1, -0.05) is 25.0 Å². The van der Waals surface area contributed by atoms with Crippen molar-refractivity contribution in [1.29, 1.82) is 0 Å². The second-order valence-electron chi connectivity index (χ2n) is 5.27. The van der Waals surface area contributed by atoms with Crippen molar-refractivity contribution in [1.82, 2.24) is 4.31 Å². The van der Waals surface area contributed by atoms with Gasteiger partial charge in [-0.05, 0) is 31.4 Å². The van der Waals surface area contributed by atoms with Crippen LogP contribution in [0.15, 0.2) is 23.1 Å². The predicted octanol–water partition coefficient (Wildman–Crippen LogP) is 1.50. The van der Waals surface area contributed by atoms with Crippen molar-refractivity contribution in [2.75, 3.05) is 18.9 Å². The molecule has 0 saturated heterocycles. The van der Waals surface area contributed by atoms with E-state index < -0.39 is 10.0 Å². The topological polar surface area (TPSA) is 83.6 Å². The number of hydrogen-bond acceptors (Lipinski definition) is 4. The molecule has 0 spiro atoms. The zero-order chi connectivity index (χ0) is 14.8. The van der Waals surface area contributed by atoms with E-state index in [-0.39, 0.29) is 29.8 Å². The number of hydrogen-bond donors (Lipinski definition) is 2. The maximum Gasteiger partial charge on any atom is 0.245 e. The first kappa shape index (κ1) is 15.3. The van der Waals surface area contributed by atoms with Gasteiger partial charge < -0.3 is 10.8 Å². The molecule has 0 unspecified atom stereocenters. The lowest BCUT2D eigenvalue weighted by atomic mass is 10.2. The summed E-state index contributed by atoms with van der Waals surface area (Å²) in [5.41, 5.74) is 6.79. The molecule has 1 fully saturated rings. The molecule has 0 aliphatic heterocycles. The summed E-state index contributed by atoms with van der Waals surface area (Å²) in [7, 11) is -3.66. The zero-order valence-electron chi connectivity index (χ0n) is 11.7. The van der Waals surface area contributed by atoms with E-state index in [1.54, 1.807) is 25.1 Å². The second kappa shape index (κ2) is 6.11. The summed E-state index contributed by atoms with van der Waals surface area (Å²) in [5, 5.41) is 9.21. The van der Waals surface area contributed by atoms with E-state index in [9.17, 15) is 13.5 Å². The highest BCUT2D eigenvalue weighted by molar-refractivity contribution is 7.89. The number of aryl methyl sites for hydroxylation is 1. The van der Waals surface area contributed by atoms with E-state index in [1.807, 2.05) is 0 Å². The number of benzene rings is 1. The van der Waals surface area contributed by atoms with Crippen LogP contribution in [0.4, 0.5) is 5.69 Å². The maximum atomic E-state index is 12.9. The molecule has 0 bridgehead atoms. The lowest BCUT2D eigenvalue weighted by molar-refractivity contribution is 0.226. The molecule has 0 radical (unpaired) electrons. The molecule has 1 aromatic carbocycles. The van der Waals surface area contributed by atoms with Gasteiger partial charge in [0.05, 0.1) is 12.3 Å². The van der Waals surface area contributed by atoms with Crippen molar-refractivity contribution in [2.24, 2.45) is 0 Å². The summed E-state index contributed by atoms with van der Waals surface area (Å²) in [6.45, 7) is 1.69. The summed E-state index contributed by atoms with van der Waals surface area (Å²) < 4.78 is 27.2. The molecule has 0 aromatic heterocycles. The number of rotatable bonds is 5. The van der Waals surface area contributed by atoms with Crippen LogP contribution >= 0.6 is 0 Å². The van der Waals surface area contributed by atoms with Crippen molar-refractivity contribution in [3.8, 4) is 0 Å². The van der Waals surface area contributed by atoms with Crippen molar-refractivity contribution in [3.63, 3.8) is 0 Å². The minimum atomic E-state index is -3.66. The van der Waals surface area contributed by atoms with E-state index in [2.05, 4.69) is 0 Å². The SMILES string of the molecule is Cc1cccc(N)c1S(=O)(=O)N(CCO)C1CCCC1. The van der Waals surface area contributed by atoms with Gasteiger partial charge in [0.25, 0.3) is 0 Å². The smallest absolute Gasteiger partial charge is 0.245 e. The van der Waals surface area contributed by atoms with E-state index >= 15 is 0 Å². The summed E-state index contributed by atoms with van der Waals surface area (Å²) in [5.74, 6) is 0. The average Bonchev–Trinajstić information content (AvgIpc) is 2.88. The van der Waals surface area contributed by atoms with Gasteiger partial charge >= 0.3 is 0 Å². The predicted molar refractivity (Wildman–Crippen MR) is 78.8 cm³/mol. The van der Waals surface area contributed by atoms with Crippen molar-refractivity contribution in [3.05, 3.63) is 23.8 Å². The Hall–Kier alpha value is -1.11. The van der Waals surface area contributed by atoms with Gasteiger partial charge in [-0.15, -0.1) is 0 Å². The van der Waals surface area contributed by atoms with Crippen LogP contribution in [0.2, 0.25) is 0 Å². The quantitative estimate of drug-likeness (QED) is 0.807. The van der Waals surface area contributed by atoms with Crippen molar-refractivity contribution < 1.29 is 13.5 Å². The highest BCUT2D eigenvalue weighted by atomic mass is 32.2. The highest BCUT2D eigenvalue weighted by Gasteiger charge is 2.34. The Morgan fingerprint density at radius 1 is 1.35 bits per heavy atom. The second-order valence-corrected chi connectivity index (χ2v) is 7.10. The van der Waals surface area contributed by atoms with Crippen LogP contribution < -0.4 is 5.73 Å². The van der Waals surface area contributed by atoms with Gasteiger partial charge in [0.15, 0.2) is 0 Å². The molecule has 20 heavy (non-hydrogen) atoms. The fourth-order valence-electron chi connectivity index (χ4n) is 2.93. The highest BCUT2D eigenvalue weighted by Crippen LogP contribution is 2.32. The van der Waals surface area contributed by atoms with Crippen LogP contribution in [0.1, 0.15) is 31.2 Å². The number of nitrogen functional groups attached to an aromatic ring is 1. The number of nitrogens with zero attached hydrogens (tertiary/aromatic N) is 1. The molecular formula is C14H22N2O3S. The van der Waals surface area contributed by atoms with Crippen LogP contribution in [-0.2, 0) is 10.0 Å². The van der Waals surface area contributed by atoms with Gasteiger partial charge in [-0.25, -0.2) is 8.42 Å². The fourth-order valence-corrected chi connectivity index (χ4v) is 4.94. The normalized spacial score (nSPS) is 16.9. The summed E-state index contributed by atoms with van der Waals surface area (Å²) in [6.07, 6.45) is 3.77. The first-order valence-corrected chi connectivity index (χ1v) is 8.40. The van der Waals surface area contributed by atoms with Gasteiger partial charge in [-0.2, -0.15) is 4.31 Å². The molecule has 2 rings (SSSR count). The van der Waals surface area contributed by atoms with Crippen molar-refractivity contribution in [2.45, 2.75) is 43.5 Å². The lowest BCUT2D eigenvalue weighted by Crippen LogP contribution is -2.41. The Bertz CT molecular complexity index is 546. The first-order valence-electron chi connectivity index (χ1n) is 6.96. The molecular weight excluding hydrogens is 276 g/mol. The van der Waals surface area contributed by atoms with Crippen LogP contribution in [0.3, 0.4) is 0 Å². The standard InChI is InChI=1S/C14H22N2O3S/c1-11-5-4-8-13(15)14(11)20(18,19)16(9-10-17)12-6-2-3-7-12/h4-5,8,12,17H,2-3,6-7,9-10,15H2,1H3. The van der Waals surface area contributed by atoms with Crippen LogP contribution in [-0.4, -0.2) is 37.0 Å². The van der Waals surface area contributed by atoms with E-state index in [0.29, 0.717) is 5.56 Å². The van der Waals surface area contributed by atoms with Gasteiger partial charge in [0.1, 0.15) is 4.90 Å². The number of nitrogens with two attached hydrogens (primary N) is 1. The third kappa shape index (κ3) is 2.82. The first-order chi connectivity index (χ1) is 9.48. The van der Waals surface area contributed by atoms with Crippen LogP contribution in [0.25, 0.3) is 0 Å². The third-order valence-electron chi connectivity index (χ3n) is 3.86. The van der Waals surface area contributed by atoms with E-state index in [4.69, 9.17) is 5.73 Å². The average molecular weight is 298 g/mol. The molecule has 1 saturated carbocycles. The molecule has 1 aromatic rings. The largest absolute Gasteiger partial charge is 0.398 e. The molecule has 5 nitrogen and oxygen atoms in total. The molecule has 0 amide bonds. The Kier molecular flexibility index (Phi) is 4.67. The molecule has 0 atom stereocenters. The Morgan fingerprint density at radius 3 is 2.55 bits per heavy atom. The Balaban J connectivity index is 2.45. The summed E-state index contributed by atoms with van der Waals surface area (Å²) in [4.78, 5) is 0.181. The Labute approximate surface area is 120 Å². The summed E-state index contributed by atoms with van der Waals surface area (Å²) >= 11 is 0. The monoisotopic (exact) mass is 298 g/mol. The van der Waals surface area contributed by atoms with Gasteiger partial charge in [-0.3, -0.25) is 0 Å². The molecule has 0 heterocycles. The maximum absolute atomic E-state index is 12.9. The van der Waals surface area contributed by atoms with Crippen LogP contribution in [0, 0.1) is 6.92 Å². The Morgan fingerprint density at radius 2 is 2.00 bits per heavy atom. The van der Waals surface area contributed by atoms with E-state index in [0.717, 1.165) is 25.7 Å². The minimum absolute atomic E-state index is 0.0221. The van der Waals surface area contributed by atoms with E-state index in [1.165, 1.54) is 4.31 Å².